The van der Waals surface area contributed by atoms with Crippen LogP contribution >= 0.6 is 0 Å². The van der Waals surface area contributed by atoms with E-state index in [1.807, 2.05) is 0 Å². The molecule has 0 aromatic heterocycles. The Balaban J connectivity index is 2.15. The Morgan fingerprint density at radius 1 is 1.09 bits per heavy atom. The van der Waals surface area contributed by atoms with E-state index in [4.69, 9.17) is 15.2 Å². The first kappa shape index (κ1) is 26.1. The molecule has 0 aliphatic heterocycles. The molecule has 0 heterocycles. The number of sulfonamides is 1. The Morgan fingerprint density at radius 3 is 2.22 bits per heavy atom. The van der Waals surface area contributed by atoms with Crippen LogP contribution in [0.2, 0.25) is 0 Å². The number of carbonyl (C=O) groups is 2. The maximum Gasteiger partial charge on any atom is 0.337 e. The van der Waals surface area contributed by atoms with Crippen LogP contribution in [0.4, 0.5) is 0 Å². The Kier molecular flexibility index (Phi) is 8.67. The normalized spacial score (nSPS) is 17.3. The standard InChI is InChI=1S/C22H35N3O6S/c1-21(2,3)31-20(27)22(23,15-25-32(28,29)18-8-6-5-7-9-18)19(26)24-14-16-10-12-17(30-4)13-11-16/h10-13,18,25H,5-9,14-15,23H2,1-4H3,(H,24,26)/t22-/m0/s1. The topological polar surface area (TPSA) is 137 Å². The summed E-state index contributed by atoms with van der Waals surface area (Å²) in [5, 5.41) is 2.06. The SMILES string of the molecule is COc1ccc(CNC(=O)[C@@](N)(CNS(=O)(=O)C2CCCCC2)C(=O)OC(C)(C)C)cc1. The zero-order chi connectivity index (χ0) is 24.0. The van der Waals surface area contributed by atoms with Crippen LogP contribution in [0.5, 0.6) is 5.75 Å². The lowest BCUT2D eigenvalue weighted by Crippen LogP contribution is -2.66. The molecule has 10 heteroatoms. The van der Waals surface area contributed by atoms with Crippen LogP contribution < -0.4 is 20.5 Å². The fourth-order valence-corrected chi connectivity index (χ4v) is 5.02. The Hall–Kier alpha value is -2.17. The summed E-state index contributed by atoms with van der Waals surface area (Å²) in [6, 6.07) is 7.00. The summed E-state index contributed by atoms with van der Waals surface area (Å²) >= 11 is 0. The lowest BCUT2D eigenvalue weighted by Gasteiger charge is -2.31. The van der Waals surface area contributed by atoms with Gasteiger partial charge in [0.1, 0.15) is 11.4 Å². The van der Waals surface area contributed by atoms with E-state index in [2.05, 4.69) is 10.0 Å². The van der Waals surface area contributed by atoms with Gasteiger partial charge in [0.15, 0.2) is 0 Å². The minimum Gasteiger partial charge on any atom is -0.497 e. The van der Waals surface area contributed by atoms with Crippen LogP contribution in [0, 0.1) is 0 Å². The number of hydrogen-bond donors (Lipinski definition) is 3. The maximum absolute atomic E-state index is 13.0. The molecule has 32 heavy (non-hydrogen) atoms. The highest BCUT2D eigenvalue weighted by atomic mass is 32.2. The van der Waals surface area contributed by atoms with Crippen LogP contribution in [-0.4, -0.2) is 50.3 Å². The average Bonchev–Trinajstić information content (AvgIpc) is 2.75. The van der Waals surface area contributed by atoms with Crippen LogP contribution in [0.1, 0.15) is 58.4 Å². The average molecular weight is 470 g/mol. The number of esters is 1. The molecule has 1 amide bonds. The predicted molar refractivity (Wildman–Crippen MR) is 121 cm³/mol. The van der Waals surface area contributed by atoms with Gasteiger partial charge in [0.25, 0.3) is 5.91 Å². The van der Waals surface area contributed by atoms with Crippen molar-refractivity contribution in [1.29, 1.82) is 0 Å². The number of nitrogens with one attached hydrogen (secondary N) is 2. The van der Waals surface area contributed by atoms with E-state index in [1.165, 1.54) is 0 Å². The summed E-state index contributed by atoms with van der Waals surface area (Å²) in [6.45, 7) is 4.45. The Labute approximate surface area is 190 Å². The molecule has 1 aromatic carbocycles. The molecule has 1 fully saturated rings. The third-order valence-corrected chi connectivity index (χ3v) is 7.22. The van der Waals surface area contributed by atoms with Gasteiger partial charge in [-0.3, -0.25) is 4.79 Å². The Bertz CT molecular complexity index is 889. The van der Waals surface area contributed by atoms with Crippen molar-refractivity contribution < 1.29 is 27.5 Å². The molecule has 1 saturated carbocycles. The van der Waals surface area contributed by atoms with E-state index in [-0.39, 0.29) is 6.54 Å². The van der Waals surface area contributed by atoms with Crippen LogP contribution in [0.15, 0.2) is 24.3 Å². The van der Waals surface area contributed by atoms with Crippen molar-refractivity contribution in [3.05, 3.63) is 29.8 Å². The monoisotopic (exact) mass is 469 g/mol. The maximum atomic E-state index is 13.0. The zero-order valence-corrected chi connectivity index (χ0v) is 20.1. The van der Waals surface area contributed by atoms with Crippen molar-refractivity contribution in [2.24, 2.45) is 5.73 Å². The van der Waals surface area contributed by atoms with Gasteiger partial charge in [-0.25, -0.2) is 17.9 Å². The highest BCUT2D eigenvalue weighted by Gasteiger charge is 2.46. The smallest absolute Gasteiger partial charge is 0.337 e. The van der Waals surface area contributed by atoms with Crippen molar-refractivity contribution in [2.75, 3.05) is 13.7 Å². The number of hydrogen-bond acceptors (Lipinski definition) is 7. The zero-order valence-electron chi connectivity index (χ0n) is 19.3. The molecule has 1 aliphatic rings. The van der Waals surface area contributed by atoms with Crippen molar-refractivity contribution in [1.82, 2.24) is 10.0 Å². The highest BCUT2D eigenvalue weighted by Crippen LogP contribution is 2.23. The second-order valence-corrected chi connectivity index (χ2v) is 11.2. The van der Waals surface area contributed by atoms with Gasteiger partial charge in [0.2, 0.25) is 15.6 Å². The van der Waals surface area contributed by atoms with Crippen molar-refractivity contribution in [3.63, 3.8) is 0 Å². The first-order valence-electron chi connectivity index (χ1n) is 10.8. The van der Waals surface area contributed by atoms with Gasteiger partial charge in [-0.15, -0.1) is 0 Å². The van der Waals surface area contributed by atoms with E-state index in [9.17, 15) is 18.0 Å². The first-order chi connectivity index (χ1) is 14.9. The highest BCUT2D eigenvalue weighted by molar-refractivity contribution is 7.90. The molecule has 0 unspecified atom stereocenters. The summed E-state index contributed by atoms with van der Waals surface area (Å²) in [7, 11) is -2.18. The van der Waals surface area contributed by atoms with Crippen LogP contribution in [0.25, 0.3) is 0 Å². The number of carbonyl (C=O) groups excluding carboxylic acids is 2. The molecule has 0 saturated heterocycles. The number of methoxy groups -OCH3 is 1. The molecule has 180 valence electrons. The van der Waals surface area contributed by atoms with E-state index in [0.717, 1.165) is 24.8 Å². The minimum absolute atomic E-state index is 0.0972. The van der Waals surface area contributed by atoms with Gasteiger partial charge < -0.3 is 20.5 Å². The Morgan fingerprint density at radius 2 is 1.69 bits per heavy atom. The number of benzene rings is 1. The lowest BCUT2D eigenvalue weighted by atomic mass is 9.99. The third kappa shape index (κ3) is 7.18. The lowest BCUT2D eigenvalue weighted by molar-refractivity contribution is -0.164. The van der Waals surface area contributed by atoms with Crippen molar-refractivity contribution >= 4 is 21.9 Å². The summed E-state index contributed by atoms with van der Waals surface area (Å²) in [5.74, 6) is -1.16. The first-order valence-corrected chi connectivity index (χ1v) is 12.3. The number of rotatable bonds is 9. The molecular weight excluding hydrogens is 434 g/mol. The van der Waals surface area contributed by atoms with E-state index in [0.29, 0.717) is 18.6 Å². The predicted octanol–water partition coefficient (Wildman–Crippen LogP) is 1.60. The van der Waals surface area contributed by atoms with Crippen LogP contribution in [-0.2, 0) is 30.9 Å². The second kappa shape index (κ2) is 10.6. The number of amides is 1. The summed E-state index contributed by atoms with van der Waals surface area (Å²) in [5.41, 5.74) is 3.84. The largest absolute Gasteiger partial charge is 0.497 e. The molecule has 0 bridgehead atoms. The molecule has 1 aliphatic carbocycles. The van der Waals surface area contributed by atoms with Gasteiger partial charge in [0.05, 0.1) is 12.4 Å². The summed E-state index contributed by atoms with van der Waals surface area (Å²) in [4.78, 5) is 25.8. The van der Waals surface area contributed by atoms with Gasteiger partial charge >= 0.3 is 5.97 Å². The van der Waals surface area contributed by atoms with Gasteiger partial charge in [-0.2, -0.15) is 0 Å². The molecular formula is C22H35N3O6S. The summed E-state index contributed by atoms with van der Waals surface area (Å²) < 4.78 is 38.3. The van der Waals surface area contributed by atoms with Gasteiger partial charge in [-0.1, -0.05) is 31.4 Å². The van der Waals surface area contributed by atoms with E-state index >= 15 is 0 Å². The van der Waals surface area contributed by atoms with Gasteiger partial charge in [-0.05, 0) is 51.3 Å². The molecule has 2 rings (SSSR count). The molecule has 1 aromatic rings. The summed E-state index contributed by atoms with van der Waals surface area (Å²) in [6.07, 6.45) is 3.74. The van der Waals surface area contributed by atoms with Crippen molar-refractivity contribution in [3.8, 4) is 5.75 Å². The molecule has 4 N–H and O–H groups in total. The fraction of sp³-hybridized carbons (Fsp3) is 0.636. The second-order valence-electron chi connectivity index (χ2n) is 9.13. The van der Waals surface area contributed by atoms with Crippen molar-refractivity contribution in [2.45, 2.75) is 75.8 Å². The number of ether oxygens (including phenoxy) is 2. The third-order valence-electron chi connectivity index (χ3n) is 5.32. The van der Waals surface area contributed by atoms with E-state index in [1.54, 1.807) is 52.1 Å². The minimum atomic E-state index is -3.73. The molecule has 0 spiro atoms. The number of nitrogens with two attached hydrogens (primary N) is 1. The molecule has 1 atom stereocenters. The van der Waals surface area contributed by atoms with E-state index < -0.39 is 44.8 Å². The van der Waals surface area contributed by atoms with Gasteiger partial charge in [0, 0.05) is 13.1 Å². The molecule has 9 nitrogen and oxygen atoms in total. The quantitative estimate of drug-likeness (QED) is 0.369. The molecule has 0 radical (unpaired) electrons. The fourth-order valence-electron chi connectivity index (χ4n) is 3.41. The van der Waals surface area contributed by atoms with Crippen LogP contribution in [0.3, 0.4) is 0 Å².